The van der Waals surface area contributed by atoms with Gasteiger partial charge in [0.2, 0.25) is 5.82 Å². The predicted octanol–water partition coefficient (Wildman–Crippen LogP) is 5.05. The Bertz CT molecular complexity index is 1590. The number of fused-ring (bicyclic) bond motifs is 2. The minimum absolute atomic E-state index is 0.0141. The molecule has 2 aromatic carbocycles. The molecule has 5 aromatic rings. The third-order valence-corrected chi connectivity index (χ3v) is 5.70. The summed E-state index contributed by atoms with van der Waals surface area (Å²) in [6.07, 6.45) is 0. The monoisotopic (exact) mass is 480 g/mol. The van der Waals surface area contributed by atoms with Gasteiger partial charge >= 0.3 is 11.9 Å². The van der Waals surface area contributed by atoms with Gasteiger partial charge in [0.15, 0.2) is 0 Å². The molecule has 0 unspecified atom stereocenters. The van der Waals surface area contributed by atoms with Crippen molar-refractivity contribution in [3.63, 3.8) is 0 Å². The second-order valence-corrected chi connectivity index (χ2v) is 8.02. The average Bonchev–Trinajstić information content (AvgIpc) is 3.27. The number of rotatable bonds is 7. The molecule has 3 aromatic heterocycles. The van der Waals surface area contributed by atoms with Crippen LogP contribution in [0.15, 0.2) is 72.8 Å². The zero-order chi connectivity index (χ0) is 25.1. The molecule has 36 heavy (non-hydrogen) atoms. The van der Waals surface area contributed by atoms with Gasteiger partial charge in [0.05, 0.1) is 41.3 Å². The van der Waals surface area contributed by atoms with Gasteiger partial charge in [0.1, 0.15) is 12.2 Å². The summed E-state index contributed by atoms with van der Waals surface area (Å²) in [5, 5.41) is 1.94. The maximum absolute atomic E-state index is 13.0. The van der Waals surface area contributed by atoms with Crippen LogP contribution in [0.1, 0.15) is 24.5 Å². The number of esters is 2. The molecule has 8 heteroatoms. The highest BCUT2D eigenvalue weighted by atomic mass is 16.5. The van der Waals surface area contributed by atoms with Gasteiger partial charge in [-0.1, -0.05) is 48.5 Å². The van der Waals surface area contributed by atoms with Gasteiger partial charge in [0, 0.05) is 10.8 Å². The van der Waals surface area contributed by atoms with Crippen LogP contribution < -0.4 is 0 Å². The summed E-state index contributed by atoms with van der Waals surface area (Å²) in [6, 6.07) is 23.1. The Morgan fingerprint density at radius 1 is 0.722 bits per heavy atom. The Morgan fingerprint density at radius 3 is 1.94 bits per heavy atom. The molecule has 0 radical (unpaired) electrons. The second kappa shape index (κ2) is 9.95. The van der Waals surface area contributed by atoms with Crippen LogP contribution in [0.25, 0.3) is 44.6 Å². The highest BCUT2D eigenvalue weighted by molar-refractivity contribution is 5.92. The molecule has 0 saturated heterocycles. The quantitative estimate of drug-likeness (QED) is 0.301. The van der Waals surface area contributed by atoms with E-state index in [0.29, 0.717) is 22.8 Å². The predicted molar refractivity (Wildman–Crippen MR) is 136 cm³/mol. The van der Waals surface area contributed by atoms with E-state index in [1.165, 1.54) is 4.57 Å². The molecule has 5 rings (SSSR count). The summed E-state index contributed by atoms with van der Waals surface area (Å²) in [6.45, 7) is 3.60. The van der Waals surface area contributed by atoms with Gasteiger partial charge in [-0.2, -0.15) is 0 Å². The van der Waals surface area contributed by atoms with Crippen LogP contribution in [0.5, 0.6) is 0 Å². The first-order valence-electron chi connectivity index (χ1n) is 11.7. The fourth-order valence-corrected chi connectivity index (χ4v) is 4.13. The number of para-hydroxylation sites is 2. The number of pyridine rings is 2. The number of benzene rings is 2. The third kappa shape index (κ3) is 4.40. The summed E-state index contributed by atoms with van der Waals surface area (Å²) in [7, 11) is 0. The minimum Gasteiger partial charge on any atom is -0.465 e. The summed E-state index contributed by atoms with van der Waals surface area (Å²) in [4.78, 5) is 39.8. The number of nitrogens with zero attached hydrogens (tertiary/aromatic N) is 4. The van der Waals surface area contributed by atoms with E-state index in [0.717, 1.165) is 21.8 Å². The lowest BCUT2D eigenvalue weighted by Crippen LogP contribution is -2.20. The number of carbonyl (C=O) groups excluding carboxylic acids is 2. The fourth-order valence-electron chi connectivity index (χ4n) is 4.13. The Balaban J connectivity index is 1.78. The van der Waals surface area contributed by atoms with Gasteiger partial charge in [-0.15, -0.1) is 0 Å². The Kier molecular flexibility index (Phi) is 6.40. The standard InChI is InChI=1S/C28H24N4O4/c1-3-35-24(33)17-32-26(23-16-14-19-10-6-8-12-21(19)30-23)25(31-27(32)28(34)36-4-2)22-15-13-18-9-5-7-11-20(18)29-22/h5-16H,3-4,17H2,1-2H3. The smallest absolute Gasteiger partial charge is 0.374 e. The van der Waals surface area contributed by atoms with E-state index < -0.39 is 11.9 Å². The zero-order valence-electron chi connectivity index (χ0n) is 20.0. The maximum Gasteiger partial charge on any atom is 0.374 e. The number of ether oxygens (including phenoxy) is 2. The largest absolute Gasteiger partial charge is 0.465 e. The number of aromatic nitrogens is 4. The molecule has 0 atom stereocenters. The van der Waals surface area contributed by atoms with Crippen LogP contribution >= 0.6 is 0 Å². The van der Waals surface area contributed by atoms with Crippen molar-refractivity contribution in [3.05, 3.63) is 78.6 Å². The summed E-state index contributed by atoms with van der Waals surface area (Å²) >= 11 is 0. The normalized spacial score (nSPS) is 11.1. The lowest BCUT2D eigenvalue weighted by atomic mass is 10.1. The first-order valence-corrected chi connectivity index (χ1v) is 11.7. The number of hydrogen-bond donors (Lipinski definition) is 0. The highest BCUT2D eigenvalue weighted by Crippen LogP contribution is 2.33. The lowest BCUT2D eigenvalue weighted by molar-refractivity contribution is -0.143. The molecule has 0 aliphatic carbocycles. The van der Waals surface area contributed by atoms with E-state index in [-0.39, 0.29) is 25.6 Å². The van der Waals surface area contributed by atoms with E-state index >= 15 is 0 Å². The molecule has 3 heterocycles. The van der Waals surface area contributed by atoms with Crippen molar-refractivity contribution in [2.45, 2.75) is 20.4 Å². The summed E-state index contributed by atoms with van der Waals surface area (Å²) in [5.41, 5.74) is 3.56. The van der Waals surface area contributed by atoms with Gasteiger partial charge in [0.25, 0.3) is 0 Å². The van der Waals surface area contributed by atoms with Crippen LogP contribution in [-0.2, 0) is 20.8 Å². The molecule has 0 fully saturated rings. The molecule has 0 spiro atoms. The molecular formula is C28H24N4O4. The fraction of sp³-hybridized carbons (Fsp3) is 0.179. The molecule has 0 saturated carbocycles. The van der Waals surface area contributed by atoms with E-state index in [1.54, 1.807) is 13.8 Å². The molecule has 0 amide bonds. The van der Waals surface area contributed by atoms with Gasteiger partial charge in [-0.25, -0.2) is 19.7 Å². The third-order valence-electron chi connectivity index (χ3n) is 5.70. The Labute approximate surface area is 207 Å². The first kappa shape index (κ1) is 23.2. The SMILES string of the molecule is CCOC(=O)Cn1c(C(=O)OCC)nc(-c2ccc3ccccc3n2)c1-c1ccc2ccccc2n1. The van der Waals surface area contributed by atoms with Crippen LogP contribution in [0, 0.1) is 0 Å². The van der Waals surface area contributed by atoms with Crippen LogP contribution in [0.3, 0.4) is 0 Å². The highest BCUT2D eigenvalue weighted by Gasteiger charge is 2.28. The van der Waals surface area contributed by atoms with Gasteiger partial charge in [-0.3, -0.25) is 4.79 Å². The topological polar surface area (TPSA) is 96.2 Å². The summed E-state index contributed by atoms with van der Waals surface area (Å²) < 4.78 is 12.0. The van der Waals surface area contributed by atoms with Crippen LogP contribution in [-0.4, -0.2) is 44.7 Å². The van der Waals surface area contributed by atoms with Gasteiger partial charge < -0.3 is 14.0 Å². The van der Waals surface area contributed by atoms with E-state index in [9.17, 15) is 9.59 Å². The van der Waals surface area contributed by atoms with Crippen LogP contribution in [0.2, 0.25) is 0 Å². The summed E-state index contributed by atoms with van der Waals surface area (Å²) in [5.74, 6) is -1.16. The Morgan fingerprint density at radius 2 is 1.31 bits per heavy atom. The maximum atomic E-state index is 13.0. The number of carbonyl (C=O) groups is 2. The van der Waals surface area contributed by atoms with Crippen LogP contribution in [0.4, 0.5) is 0 Å². The first-order chi connectivity index (χ1) is 17.6. The van der Waals surface area contributed by atoms with E-state index in [2.05, 4.69) is 4.98 Å². The minimum atomic E-state index is -0.643. The molecule has 0 aliphatic heterocycles. The van der Waals surface area contributed by atoms with Gasteiger partial charge in [-0.05, 0) is 38.1 Å². The van der Waals surface area contributed by atoms with Crippen molar-refractivity contribution in [1.82, 2.24) is 19.5 Å². The van der Waals surface area contributed by atoms with Crippen molar-refractivity contribution in [2.75, 3.05) is 13.2 Å². The van der Waals surface area contributed by atoms with E-state index in [1.807, 2.05) is 72.8 Å². The lowest BCUT2D eigenvalue weighted by Gasteiger charge is -2.12. The zero-order valence-corrected chi connectivity index (χ0v) is 20.0. The van der Waals surface area contributed by atoms with Crippen molar-refractivity contribution in [3.8, 4) is 22.8 Å². The van der Waals surface area contributed by atoms with Crippen molar-refractivity contribution in [1.29, 1.82) is 0 Å². The Hall–Kier alpha value is -4.59. The number of hydrogen-bond acceptors (Lipinski definition) is 7. The van der Waals surface area contributed by atoms with Crippen molar-refractivity contribution >= 4 is 33.7 Å². The van der Waals surface area contributed by atoms with E-state index in [4.69, 9.17) is 19.4 Å². The number of imidazole rings is 1. The van der Waals surface area contributed by atoms with Crippen molar-refractivity contribution < 1.29 is 19.1 Å². The average molecular weight is 481 g/mol. The molecular weight excluding hydrogens is 456 g/mol. The van der Waals surface area contributed by atoms with Crippen molar-refractivity contribution in [2.24, 2.45) is 0 Å². The molecule has 8 nitrogen and oxygen atoms in total. The molecule has 0 N–H and O–H groups in total. The molecule has 0 bridgehead atoms. The molecule has 0 aliphatic rings. The molecule has 180 valence electrons. The second-order valence-electron chi connectivity index (χ2n) is 8.02.